The van der Waals surface area contributed by atoms with E-state index in [1.54, 1.807) is 13.8 Å². The smallest absolute Gasteiger partial charge is 0.328 e. The molecule has 20 heteroatoms. The van der Waals surface area contributed by atoms with Gasteiger partial charge in [0.05, 0.1) is 31.3 Å². The third-order valence-electron chi connectivity index (χ3n) is 7.57. The van der Waals surface area contributed by atoms with Crippen molar-refractivity contribution in [2.24, 2.45) is 17.4 Å². The molecule has 49 heavy (non-hydrogen) atoms. The Morgan fingerprint density at radius 3 is 1.84 bits per heavy atom. The summed E-state index contributed by atoms with van der Waals surface area (Å²) in [6.45, 7) is 6.43. The van der Waals surface area contributed by atoms with Crippen LogP contribution in [0.2, 0.25) is 0 Å². The summed E-state index contributed by atoms with van der Waals surface area (Å²) in [5, 5.41) is 49.9. The zero-order valence-corrected chi connectivity index (χ0v) is 28.2. The fraction of sp³-hybridized carbons (Fsp3) is 0.724. The average Bonchev–Trinajstić information content (AvgIpc) is 3.48. The Balaban J connectivity index is 3.11. The first-order chi connectivity index (χ1) is 22.7. The van der Waals surface area contributed by atoms with Crippen molar-refractivity contribution in [2.75, 3.05) is 13.1 Å². The van der Waals surface area contributed by atoms with Gasteiger partial charge in [-0.25, -0.2) is 4.79 Å². The van der Waals surface area contributed by atoms with Crippen LogP contribution in [0.15, 0.2) is 0 Å². The van der Waals surface area contributed by atoms with Crippen molar-refractivity contribution in [3.8, 4) is 0 Å². The maximum Gasteiger partial charge on any atom is 0.328 e. The average molecular weight is 703 g/mol. The van der Waals surface area contributed by atoms with E-state index in [2.05, 4.69) is 26.6 Å². The van der Waals surface area contributed by atoms with Gasteiger partial charge in [0.25, 0.3) is 0 Å². The SMILES string of the molecule is CC(C)C[C@H](NC(=O)[C@@H](NC(=O)[C@@H](N)[C@@H](C)O)[C@@H](C)O)C(=O)N[C@@H](CC(N)=O)C(=O)N1CCC[C@H]1C(=O)NCC(=O)N[C@H](C(=O)O)[C@@H](C)O. The molecule has 1 fully saturated rings. The number of aliphatic carboxylic acids is 1. The predicted molar refractivity (Wildman–Crippen MR) is 169 cm³/mol. The molecule has 9 atom stereocenters. The van der Waals surface area contributed by atoms with Gasteiger partial charge in [-0.3, -0.25) is 33.6 Å². The maximum absolute atomic E-state index is 13.6. The largest absolute Gasteiger partial charge is 0.480 e. The zero-order valence-electron chi connectivity index (χ0n) is 28.2. The van der Waals surface area contributed by atoms with Gasteiger partial charge in [-0.05, 0) is 46.0 Å². The van der Waals surface area contributed by atoms with Crippen molar-refractivity contribution in [2.45, 2.75) is 115 Å². The van der Waals surface area contributed by atoms with Gasteiger partial charge in [0.15, 0.2) is 6.04 Å². The number of carboxylic acids is 1. The molecule has 0 aromatic rings. The highest BCUT2D eigenvalue weighted by Crippen LogP contribution is 2.20. The molecule has 0 aromatic heterocycles. The van der Waals surface area contributed by atoms with Crippen LogP contribution in [0.5, 0.6) is 0 Å². The summed E-state index contributed by atoms with van der Waals surface area (Å²) in [6, 6.07) is -8.68. The summed E-state index contributed by atoms with van der Waals surface area (Å²) in [6.07, 6.45) is -4.33. The molecule has 20 nitrogen and oxygen atoms in total. The number of hydrogen-bond acceptors (Lipinski definition) is 12. The highest BCUT2D eigenvalue weighted by Gasteiger charge is 2.40. The molecule has 1 aliphatic rings. The molecule has 0 bridgehead atoms. The van der Waals surface area contributed by atoms with Gasteiger partial charge in [-0.2, -0.15) is 0 Å². The van der Waals surface area contributed by atoms with Crippen molar-refractivity contribution in [3.63, 3.8) is 0 Å². The lowest BCUT2D eigenvalue weighted by molar-refractivity contribution is -0.145. The summed E-state index contributed by atoms with van der Waals surface area (Å²) >= 11 is 0. The van der Waals surface area contributed by atoms with Crippen LogP contribution in [-0.4, -0.2) is 140 Å². The molecule has 7 amide bonds. The van der Waals surface area contributed by atoms with E-state index in [0.29, 0.717) is 6.42 Å². The molecule has 1 aliphatic heterocycles. The van der Waals surface area contributed by atoms with Crippen LogP contribution in [0, 0.1) is 5.92 Å². The monoisotopic (exact) mass is 702 g/mol. The molecule has 1 heterocycles. The maximum atomic E-state index is 13.6. The van der Waals surface area contributed by atoms with Crippen molar-refractivity contribution in [1.29, 1.82) is 0 Å². The van der Waals surface area contributed by atoms with E-state index in [0.717, 1.165) is 11.8 Å². The van der Waals surface area contributed by atoms with E-state index in [4.69, 9.17) is 16.6 Å². The third-order valence-corrected chi connectivity index (χ3v) is 7.57. The molecule has 1 rings (SSSR count). The Morgan fingerprint density at radius 2 is 1.35 bits per heavy atom. The van der Waals surface area contributed by atoms with E-state index in [9.17, 15) is 53.7 Å². The second kappa shape index (κ2) is 19.6. The van der Waals surface area contributed by atoms with E-state index in [1.807, 2.05) is 0 Å². The first-order valence-electron chi connectivity index (χ1n) is 15.8. The van der Waals surface area contributed by atoms with Gasteiger partial charge < -0.3 is 63.4 Å². The Morgan fingerprint density at radius 1 is 0.776 bits per heavy atom. The number of rotatable bonds is 19. The van der Waals surface area contributed by atoms with Crippen LogP contribution in [0.25, 0.3) is 0 Å². The number of carboxylic acid groups (broad SMARTS) is 1. The Bertz CT molecular complexity index is 1230. The van der Waals surface area contributed by atoms with Crippen LogP contribution in [-0.2, 0) is 38.4 Å². The molecule has 0 spiro atoms. The number of carbonyl (C=O) groups excluding carboxylic acids is 7. The fourth-order valence-electron chi connectivity index (χ4n) is 4.91. The lowest BCUT2D eigenvalue weighted by Gasteiger charge is -2.30. The molecule has 0 saturated carbocycles. The van der Waals surface area contributed by atoms with E-state index >= 15 is 0 Å². The number of aliphatic hydroxyl groups excluding tert-OH is 3. The van der Waals surface area contributed by atoms with Crippen LogP contribution >= 0.6 is 0 Å². The molecule has 13 N–H and O–H groups in total. The van der Waals surface area contributed by atoms with E-state index in [1.165, 1.54) is 13.8 Å². The summed E-state index contributed by atoms with van der Waals surface area (Å²) in [5.74, 6) is -8.07. The minimum atomic E-state index is -1.62. The van der Waals surface area contributed by atoms with Crippen LogP contribution in [0.1, 0.15) is 60.3 Å². The summed E-state index contributed by atoms with van der Waals surface area (Å²) in [7, 11) is 0. The molecule has 278 valence electrons. The van der Waals surface area contributed by atoms with Gasteiger partial charge in [0.2, 0.25) is 41.4 Å². The molecular formula is C29H50N8O12. The number of nitrogens with zero attached hydrogens (tertiary/aromatic N) is 1. The topological polar surface area (TPSA) is 333 Å². The van der Waals surface area contributed by atoms with Gasteiger partial charge in [-0.1, -0.05) is 13.8 Å². The quantitative estimate of drug-likeness (QED) is 0.0599. The minimum Gasteiger partial charge on any atom is -0.480 e. The van der Waals surface area contributed by atoms with Gasteiger partial charge in [0.1, 0.15) is 30.2 Å². The predicted octanol–water partition coefficient (Wildman–Crippen LogP) is -5.49. The molecule has 0 radical (unpaired) electrons. The summed E-state index contributed by atoms with van der Waals surface area (Å²) < 4.78 is 0. The number of nitrogens with two attached hydrogens (primary N) is 2. The van der Waals surface area contributed by atoms with Gasteiger partial charge in [-0.15, -0.1) is 0 Å². The number of nitrogens with one attached hydrogen (secondary N) is 5. The molecule has 1 saturated heterocycles. The highest BCUT2D eigenvalue weighted by atomic mass is 16.4. The Kier molecular flexibility index (Phi) is 17.0. The minimum absolute atomic E-state index is 0.0112. The molecular weight excluding hydrogens is 652 g/mol. The summed E-state index contributed by atoms with van der Waals surface area (Å²) in [4.78, 5) is 102. The second-order valence-corrected chi connectivity index (χ2v) is 12.4. The van der Waals surface area contributed by atoms with Crippen molar-refractivity contribution >= 4 is 47.3 Å². The number of hydrogen-bond donors (Lipinski definition) is 11. The highest BCUT2D eigenvalue weighted by molar-refractivity contribution is 5.98. The Labute approximate surface area is 283 Å². The number of amides is 7. The first kappa shape index (κ1) is 42.6. The van der Waals surface area contributed by atoms with Crippen molar-refractivity contribution < 1.29 is 58.8 Å². The van der Waals surface area contributed by atoms with Gasteiger partial charge >= 0.3 is 5.97 Å². The molecule has 0 aliphatic carbocycles. The second-order valence-electron chi connectivity index (χ2n) is 12.4. The van der Waals surface area contributed by atoms with Crippen LogP contribution in [0.4, 0.5) is 0 Å². The van der Waals surface area contributed by atoms with E-state index < -0.39 is 115 Å². The zero-order chi connectivity index (χ0) is 37.7. The first-order valence-corrected chi connectivity index (χ1v) is 15.8. The fourth-order valence-corrected chi connectivity index (χ4v) is 4.91. The van der Waals surface area contributed by atoms with Gasteiger partial charge in [0, 0.05) is 6.54 Å². The lowest BCUT2D eigenvalue weighted by Crippen LogP contribution is -2.61. The van der Waals surface area contributed by atoms with E-state index in [-0.39, 0.29) is 25.3 Å². The number of carbonyl (C=O) groups is 8. The van der Waals surface area contributed by atoms with Crippen LogP contribution < -0.4 is 38.1 Å². The molecule has 0 aromatic carbocycles. The number of likely N-dealkylation sites (tertiary alicyclic amines) is 1. The third kappa shape index (κ3) is 13.6. The lowest BCUT2D eigenvalue weighted by atomic mass is 10.0. The Hall–Kier alpha value is -4.40. The van der Waals surface area contributed by atoms with Crippen molar-refractivity contribution in [1.82, 2.24) is 31.5 Å². The number of primary amides is 1. The standard InChI is InChI=1S/C29H50N8O12/c1-12(2)9-16(33-27(46)22(14(4)39)36-26(45)21(31)13(3)38)24(43)34-17(10-19(30)41)28(47)37-8-6-7-18(37)25(44)32-11-20(42)35-23(15(5)40)29(48)49/h12-18,21-23,38-40H,6-11,31H2,1-5H3,(H2,30,41)(H,32,44)(H,33,46)(H,34,43)(H,35,42)(H,36,45)(H,48,49)/t13-,14-,15-,16+,17+,18+,21+,22+,23+/m1/s1. The van der Waals surface area contributed by atoms with Crippen molar-refractivity contribution in [3.05, 3.63) is 0 Å². The normalized spacial score (nSPS) is 19.2. The summed E-state index contributed by atoms with van der Waals surface area (Å²) in [5.41, 5.74) is 11.0. The molecule has 0 unspecified atom stereocenters. The van der Waals surface area contributed by atoms with Crippen LogP contribution in [0.3, 0.4) is 0 Å². The number of aliphatic hydroxyl groups is 3.